The molecule has 1 amide bonds. The van der Waals surface area contributed by atoms with Gasteiger partial charge < -0.3 is 15.2 Å². The van der Waals surface area contributed by atoms with Crippen molar-refractivity contribution in [2.45, 2.75) is 45.8 Å². The fourth-order valence-electron chi connectivity index (χ4n) is 2.94. The number of nitrogens with one attached hydrogen (secondary N) is 1. The van der Waals surface area contributed by atoms with E-state index in [4.69, 9.17) is 4.74 Å². The van der Waals surface area contributed by atoms with Crippen molar-refractivity contribution >= 4 is 11.6 Å². The van der Waals surface area contributed by atoms with Gasteiger partial charge in [-0.1, -0.05) is 12.1 Å². The first-order valence-corrected chi connectivity index (χ1v) is 8.90. The number of hydrogen-bond acceptors (Lipinski definition) is 4. The van der Waals surface area contributed by atoms with Crippen molar-refractivity contribution in [3.63, 3.8) is 0 Å². The van der Waals surface area contributed by atoms with E-state index in [0.717, 1.165) is 38.2 Å². The maximum atomic E-state index is 11.9. The number of aliphatic hydroxyl groups excluding tert-OH is 1. The third kappa shape index (κ3) is 6.59. The molecule has 0 atom stereocenters. The Morgan fingerprint density at radius 3 is 2.79 bits per heavy atom. The van der Waals surface area contributed by atoms with Gasteiger partial charge in [-0.3, -0.25) is 9.69 Å². The van der Waals surface area contributed by atoms with Crippen molar-refractivity contribution in [3.8, 4) is 0 Å². The minimum Gasteiger partial charge on any atom is -0.396 e. The maximum absolute atomic E-state index is 11.9. The molecule has 5 nitrogen and oxygen atoms in total. The Hall–Kier alpha value is -1.43. The lowest BCUT2D eigenvalue weighted by Gasteiger charge is -2.31. The van der Waals surface area contributed by atoms with Crippen molar-refractivity contribution < 1.29 is 14.6 Å². The number of carbonyl (C=O) groups excluding carboxylic acids is 1. The van der Waals surface area contributed by atoms with Crippen LogP contribution in [-0.2, 0) is 16.1 Å². The van der Waals surface area contributed by atoms with E-state index in [1.54, 1.807) is 0 Å². The number of carbonyl (C=O) groups is 1. The second kappa shape index (κ2) is 9.77. The number of likely N-dealkylation sites (tertiary alicyclic amines) is 1. The molecule has 2 N–H and O–H groups in total. The fourth-order valence-corrected chi connectivity index (χ4v) is 2.94. The van der Waals surface area contributed by atoms with E-state index in [2.05, 4.69) is 16.3 Å². The molecular weight excluding hydrogens is 304 g/mol. The number of benzene rings is 1. The number of ether oxygens (including phenoxy) is 1. The summed E-state index contributed by atoms with van der Waals surface area (Å²) in [6.45, 7) is 7.61. The van der Waals surface area contributed by atoms with Crippen molar-refractivity contribution in [1.29, 1.82) is 0 Å². The maximum Gasteiger partial charge on any atom is 0.226 e. The summed E-state index contributed by atoms with van der Waals surface area (Å²) in [5.41, 5.74) is 2.04. The van der Waals surface area contributed by atoms with Gasteiger partial charge in [0.2, 0.25) is 5.91 Å². The third-order valence-corrected chi connectivity index (χ3v) is 4.36. The Labute approximate surface area is 145 Å². The summed E-state index contributed by atoms with van der Waals surface area (Å²) < 4.78 is 5.41. The lowest BCUT2D eigenvalue weighted by molar-refractivity contribution is -0.117. The number of rotatable bonds is 8. The summed E-state index contributed by atoms with van der Waals surface area (Å²) in [6, 6.07) is 8.04. The standard InChI is InChI=1S/C19H30N2O3/c1-15(2)24-11-8-19(23)20-18-5-3-4-17(12-18)13-21-9-6-16(14-22)7-10-21/h3-5,12,15-16,22H,6-11,13-14H2,1-2H3,(H,20,23). The van der Waals surface area contributed by atoms with E-state index >= 15 is 0 Å². The molecule has 0 aromatic heterocycles. The minimum atomic E-state index is -0.0171. The van der Waals surface area contributed by atoms with Gasteiger partial charge in [0.15, 0.2) is 0 Å². The molecule has 1 aromatic carbocycles. The molecule has 1 aromatic rings. The zero-order chi connectivity index (χ0) is 17.4. The second-order valence-electron chi connectivity index (χ2n) is 6.82. The van der Waals surface area contributed by atoms with Crippen molar-refractivity contribution in [2.24, 2.45) is 5.92 Å². The number of aliphatic hydroxyl groups is 1. The Morgan fingerprint density at radius 1 is 1.38 bits per heavy atom. The van der Waals surface area contributed by atoms with Gasteiger partial charge in [-0.15, -0.1) is 0 Å². The first kappa shape index (κ1) is 18.9. The van der Waals surface area contributed by atoms with Crippen LogP contribution in [0.2, 0.25) is 0 Å². The molecule has 1 heterocycles. The molecule has 24 heavy (non-hydrogen) atoms. The molecule has 2 rings (SSSR count). The molecule has 0 radical (unpaired) electrons. The van der Waals surface area contributed by atoms with Crippen LogP contribution in [0.25, 0.3) is 0 Å². The number of piperidine rings is 1. The van der Waals surface area contributed by atoms with Crippen LogP contribution in [0.15, 0.2) is 24.3 Å². The predicted molar refractivity (Wildman–Crippen MR) is 95.9 cm³/mol. The van der Waals surface area contributed by atoms with Crippen LogP contribution in [0.3, 0.4) is 0 Å². The van der Waals surface area contributed by atoms with Gasteiger partial charge in [0, 0.05) is 18.8 Å². The molecule has 1 aliphatic heterocycles. The lowest BCUT2D eigenvalue weighted by atomic mass is 9.97. The molecule has 0 spiro atoms. The van der Waals surface area contributed by atoms with Crippen molar-refractivity contribution in [3.05, 3.63) is 29.8 Å². The highest BCUT2D eigenvalue weighted by molar-refractivity contribution is 5.90. The summed E-state index contributed by atoms with van der Waals surface area (Å²) in [4.78, 5) is 14.3. The van der Waals surface area contributed by atoms with Crippen molar-refractivity contribution in [1.82, 2.24) is 4.90 Å². The Bertz CT molecular complexity index is 511. The quantitative estimate of drug-likeness (QED) is 0.767. The topological polar surface area (TPSA) is 61.8 Å². The van der Waals surface area contributed by atoms with Crippen LogP contribution in [0.5, 0.6) is 0 Å². The zero-order valence-electron chi connectivity index (χ0n) is 14.8. The van der Waals surface area contributed by atoms with Crippen LogP contribution < -0.4 is 5.32 Å². The molecule has 1 aliphatic rings. The normalized spacial score (nSPS) is 16.5. The summed E-state index contributed by atoms with van der Waals surface area (Å²) in [5.74, 6) is 0.441. The van der Waals surface area contributed by atoms with E-state index in [-0.39, 0.29) is 12.0 Å². The van der Waals surface area contributed by atoms with Gasteiger partial charge in [-0.25, -0.2) is 0 Å². The average Bonchev–Trinajstić information content (AvgIpc) is 2.55. The zero-order valence-corrected chi connectivity index (χ0v) is 14.8. The monoisotopic (exact) mass is 334 g/mol. The first-order chi connectivity index (χ1) is 11.6. The highest BCUT2D eigenvalue weighted by Gasteiger charge is 2.18. The van der Waals surface area contributed by atoms with Gasteiger partial charge in [-0.2, -0.15) is 0 Å². The molecule has 0 aliphatic carbocycles. The summed E-state index contributed by atoms with van der Waals surface area (Å²) >= 11 is 0. The molecule has 1 fully saturated rings. The molecule has 1 saturated heterocycles. The Morgan fingerprint density at radius 2 is 2.12 bits per heavy atom. The van der Waals surface area contributed by atoms with Crippen LogP contribution in [0, 0.1) is 5.92 Å². The van der Waals surface area contributed by atoms with Gasteiger partial charge in [0.25, 0.3) is 0 Å². The molecule has 5 heteroatoms. The highest BCUT2D eigenvalue weighted by atomic mass is 16.5. The molecule has 134 valence electrons. The van der Waals surface area contributed by atoms with Gasteiger partial charge in [0.1, 0.15) is 0 Å². The number of amides is 1. The van der Waals surface area contributed by atoms with Crippen LogP contribution >= 0.6 is 0 Å². The highest BCUT2D eigenvalue weighted by Crippen LogP contribution is 2.19. The van der Waals surface area contributed by atoms with Gasteiger partial charge in [0.05, 0.1) is 19.1 Å². The van der Waals surface area contributed by atoms with Crippen molar-refractivity contribution in [2.75, 3.05) is 31.6 Å². The molecule has 0 unspecified atom stereocenters. The van der Waals surface area contributed by atoms with Gasteiger partial charge >= 0.3 is 0 Å². The SMILES string of the molecule is CC(C)OCCC(=O)Nc1cccc(CN2CCC(CO)CC2)c1. The number of anilines is 1. The van der Waals surface area contributed by atoms with Crippen LogP contribution in [0.4, 0.5) is 5.69 Å². The molecule has 0 bridgehead atoms. The lowest BCUT2D eigenvalue weighted by Crippen LogP contribution is -2.34. The van der Waals surface area contributed by atoms with Crippen LogP contribution in [0.1, 0.15) is 38.7 Å². The molecule has 0 saturated carbocycles. The Kier molecular flexibility index (Phi) is 7.69. The largest absolute Gasteiger partial charge is 0.396 e. The van der Waals surface area contributed by atoms with Crippen LogP contribution in [-0.4, -0.2) is 48.3 Å². The van der Waals surface area contributed by atoms with E-state index < -0.39 is 0 Å². The number of hydrogen-bond donors (Lipinski definition) is 2. The van der Waals surface area contributed by atoms with E-state index in [9.17, 15) is 9.90 Å². The number of nitrogens with zero attached hydrogens (tertiary/aromatic N) is 1. The van der Waals surface area contributed by atoms with E-state index in [1.165, 1.54) is 5.56 Å². The minimum absolute atomic E-state index is 0.0171. The smallest absolute Gasteiger partial charge is 0.226 e. The summed E-state index contributed by atoms with van der Waals surface area (Å²) in [7, 11) is 0. The second-order valence-corrected chi connectivity index (χ2v) is 6.82. The fraction of sp³-hybridized carbons (Fsp3) is 0.632. The Balaban J connectivity index is 1.79. The van der Waals surface area contributed by atoms with E-state index in [1.807, 2.05) is 32.0 Å². The summed E-state index contributed by atoms with van der Waals surface area (Å²) in [5, 5.41) is 12.2. The summed E-state index contributed by atoms with van der Waals surface area (Å²) in [6.07, 6.45) is 2.64. The molecular formula is C19H30N2O3. The predicted octanol–water partition coefficient (Wildman–Crippen LogP) is 2.64. The average molecular weight is 334 g/mol. The first-order valence-electron chi connectivity index (χ1n) is 8.90. The third-order valence-electron chi connectivity index (χ3n) is 4.36. The van der Waals surface area contributed by atoms with E-state index in [0.29, 0.717) is 25.6 Å². The van der Waals surface area contributed by atoms with Gasteiger partial charge in [-0.05, 0) is 63.4 Å².